The Morgan fingerprint density at radius 1 is 1.33 bits per heavy atom. The number of rotatable bonds is 3. The standard InChI is InChI=1S/C13H15F3O2/c14-13(15,16)7-5-11(17)9-6-8-18-12-4-2-1-3-10(9)12/h1-4,9,11,17H,5-8H2. The van der Waals surface area contributed by atoms with E-state index in [1.54, 1.807) is 18.2 Å². The van der Waals surface area contributed by atoms with Crippen LogP contribution in [0.1, 0.15) is 30.7 Å². The van der Waals surface area contributed by atoms with Crippen molar-refractivity contribution in [1.29, 1.82) is 0 Å². The third-order valence-electron chi connectivity index (χ3n) is 3.19. The molecule has 1 N–H and O–H groups in total. The molecule has 5 heteroatoms. The zero-order valence-electron chi connectivity index (χ0n) is 9.78. The van der Waals surface area contributed by atoms with Gasteiger partial charge in [-0.2, -0.15) is 13.2 Å². The van der Waals surface area contributed by atoms with E-state index in [-0.39, 0.29) is 12.3 Å². The molecular formula is C13H15F3O2. The Morgan fingerprint density at radius 3 is 2.78 bits per heavy atom. The van der Waals surface area contributed by atoms with Gasteiger partial charge < -0.3 is 9.84 Å². The van der Waals surface area contributed by atoms with Gasteiger partial charge in [-0.1, -0.05) is 18.2 Å². The minimum Gasteiger partial charge on any atom is -0.493 e. The SMILES string of the molecule is OC(CCC(F)(F)F)C1CCOc2ccccc21. The Kier molecular flexibility index (Phi) is 3.80. The highest BCUT2D eigenvalue weighted by molar-refractivity contribution is 5.38. The van der Waals surface area contributed by atoms with Gasteiger partial charge in [-0.05, 0) is 24.5 Å². The van der Waals surface area contributed by atoms with Gasteiger partial charge in [0, 0.05) is 12.3 Å². The Labute approximate surface area is 103 Å². The molecule has 2 unspecified atom stereocenters. The fraction of sp³-hybridized carbons (Fsp3) is 0.538. The van der Waals surface area contributed by atoms with E-state index in [0.29, 0.717) is 18.8 Å². The minimum atomic E-state index is -4.22. The molecule has 0 radical (unpaired) electrons. The molecule has 0 saturated carbocycles. The van der Waals surface area contributed by atoms with Gasteiger partial charge in [0.15, 0.2) is 0 Å². The number of hydrogen-bond donors (Lipinski definition) is 1. The first-order valence-corrected chi connectivity index (χ1v) is 5.94. The van der Waals surface area contributed by atoms with Gasteiger partial charge in [-0.15, -0.1) is 0 Å². The number of ether oxygens (including phenoxy) is 1. The van der Waals surface area contributed by atoms with Crippen LogP contribution in [-0.4, -0.2) is 24.0 Å². The van der Waals surface area contributed by atoms with Crippen molar-refractivity contribution >= 4 is 0 Å². The quantitative estimate of drug-likeness (QED) is 0.904. The number of aliphatic hydroxyl groups excluding tert-OH is 1. The molecule has 1 aromatic carbocycles. The molecule has 1 heterocycles. The van der Waals surface area contributed by atoms with Crippen LogP contribution in [0.25, 0.3) is 0 Å². The van der Waals surface area contributed by atoms with E-state index in [0.717, 1.165) is 5.56 Å². The van der Waals surface area contributed by atoms with E-state index in [1.807, 2.05) is 6.07 Å². The van der Waals surface area contributed by atoms with Crippen molar-refractivity contribution in [3.8, 4) is 5.75 Å². The molecule has 0 saturated heterocycles. The first-order valence-electron chi connectivity index (χ1n) is 5.94. The second-order valence-electron chi connectivity index (χ2n) is 4.50. The monoisotopic (exact) mass is 260 g/mol. The van der Waals surface area contributed by atoms with Crippen LogP contribution in [0.5, 0.6) is 5.75 Å². The van der Waals surface area contributed by atoms with Crippen LogP contribution in [-0.2, 0) is 0 Å². The van der Waals surface area contributed by atoms with Gasteiger partial charge in [0.1, 0.15) is 5.75 Å². The molecule has 0 bridgehead atoms. The number of aliphatic hydroxyl groups is 1. The summed E-state index contributed by atoms with van der Waals surface area (Å²) in [5.74, 6) is 0.400. The molecule has 2 atom stereocenters. The average Bonchev–Trinajstić information content (AvgIpc) is 2.34. The van der Waals surface area contributed by atoms with Crippen molar-refractivity contribution in [2.75, 3.05) is 6.61 Å². The molecule has 2 rings (SSSR count). The van der Waals surface area contributed by atoms with Gasteiger partial charge in [-0.25, -0.2) is 0 Å². The average molecular weight is 260 g/mol. The molecule has 2 nitrogen and oxygen atoms in total. The summed E-state index contributed by atoms with van der Waals surface area (Å²) in [5.41, 5.74) is 0.804. The Bertz CT molecular complexity index is 403. The second kappa shape index (κ2) is 5.18. The molecule has 0 fully saturated rings. The number of alkyl halides is 3. The summed E-state index contributed by atoms with van der Waals surface area (Å²) >= 11 is 0. The van der Waals surface area contributed by atoms with Crippen molar-refractivity contribution in [3.63, 3.8) is 0 Å². The summed E-state index contributed by atoms with van der Waals surface area (Å²) in [6.07, 6.45) is -5.85. The zero-order chi connectivity index (χ0) is 13.2. The topological polar surface area (TPSA) is 29.5 Å². The number of hydrogen-bond acceptors (Lipinski definition) is 2. The van der Waals surface area contributed by atoms with Crippen molar-refractivity contribution in [3.05, 3.63) is 29.8 Å². The lowest BCUT2D eigenvalue weighted by Crippen LogP contribution is -2.26. The summed E-state index contributed by atoms with van der Waals surface area (Å²) in [6, 6.07) is 7.19. The first-order chi connectivity index (χ1) is 8.47. The van der Waals surface area contributed by atoms with Crippen LogP contribution in [0.3, 0.4) is 0 Å². The Balaban J connectivity index is 2.06. The van der Waals surface area contributed by atoms with Crippen molar-refractivity contribution in [2.24, 2.45) is 0 Å². The first kappa shape index (κ1) is 13.2. The van der Waals surface area contributed by atoms with E-state index in [9.17, 15) is 18.3 Å². The smallest absolute Gasteiger partial charge is 0.389 e. The largest absolute Gasteiger partial charge is 0.493 e. The van der Waals surface area contributed by atoms with E-state index >= 15 is 0 Å². The third-order valence-corrected chi connectivity index (χ3v) is 3.19. The maximum Gasteiger partial charge on any atom is 0.389 e. The second-order valence-corrected chi connectivity index (χ2v) is 4.50. The van der Waals surface area contributed by atoms with Gasteiger partial charge in [0.2, 0.25) is 0 Å². The van der Waals surface area contributed by atoms with Crippen LogP contribution in [0.15, 0.2) is 24.3 Å². The minimum absolute atomic E-state index is 0.261. The molecule has 0 aromatic heterocycles. The van der Waals surface area contributed by atoms with Crippen molar-refractivity contribution < 1.29 is 23.0 Å². The highest BCUT2D eigenvalue weighted by atomic mass is 19.4. The van der Waals surface area contributed by atoms with Gasteiger partial charge in [0.25, 0.3) is 0 Å². The third kappa shape index (κ3) is 3.16. The van der Waals surface area contributed by atoms with Crippen LogP contribution in [0.4, 0.5) is 13.2 Å². The number of fused-ring (bicyclic) bond motifs is 1. The maximum atomic E-state index is 12.1. The maximum absolute atomic E-state index is 12.1. The highest BCUT2D eigenvalue weighted by Gasteiger charge is 2.32. The summed E-state index contributed by atoms with van der Waals surface area (Å²) < 4.78 is 41.8. The van der Waals surface area contributed by atoms with E-state index in [1.165, 1.54) is 0 Å². The number of para-hydroxylation sites is 1. The van der Waals surface area contributed by atoms with Gasteiger partial charge in [0.05, 0.1) is 12.7 Å². The summed E-state index contributed by atoms with van der Waals surface area (Å²) in [5, 5.41) is 9.93. The lowest BCUT2D eigenvalue weighted by atomic mass is 9.86. The predicted molar refractivity (Wildman–Crippen MR) is 60.6 cm³/mol. The van der Waals surface area contributed by atoms with E-state index in [2.05, 4.69) is 0 Å². The van der Waals surface area contributed by atoms with Gasteiger partial charge in [-0.3, -0.25) is 0 Å². The fourth-order valence-corrected chi connectivity index (χ4v) is 2.28. The molecule has 18 heavy (non-hydrogen) atoms. The lowest BCUT2D eigenvalue weighted by Gasteiger charge is -2.29. The molecule has 1 aliphatic heterocycles. The highest BCUT2D eigenvalue weighted by Crippen LogP contribution is 2.37. The van der Waals surface area contributed by atoms with E-state index in [4.69, 9.17) is 4.74 Å². The molecule has 1 aromatic rings. The zero-order valence-corrected chi connectivity index (χ0v) is 9.78. The summed E-state index contributed by atoms with van der Waals surface area (Å²) in [6.45, 7) is 0.435. The van der Waals surface area contributed by atoms with Gasteiger partial charge >= 0.3 is 6.18 Å². The normalized spacial score (nSPS) is 21.0. The van der Waals surface area contributed by atoms with Crippen LogP contribution in [0, 0.1) is 0 Å². The number of halogens is 3. The lowest BCUT2D eigenvalue weighted by molar-refractivity contribution is -0.140. The molecule has 0 aliphatic carbocycles. The molecule has 0 spiro atoms. The molecule has 1 aliphatic rings. The Morgan fingerprint density at radius 2 is 2.06 bits per heavy atom. The predicted octanol–water partition coefficient (Wildman–Crippen LogP) is 3.26. The van der Waals surface area contributed by atoms with Crippen molar-refractivity contribution in [2.45, 2.75) is 37.5 Å². The fourth-order valence-electron chi connectivity index (χ4n) is 2.28. The molecular weight excluding hydrogens is 245 g/mol. The Hall–Kier alpha value is -1.23. The van der Waals surface area contributed by atoms with Crippen LogP contribution in [0.2, 0.25) is 0 Å². The number of benzene rings is 1. The molecule has 100 valence electrons. The van der Waals surface area contributed by atoms with Crippen LogP contribution < -0.4 is 4.74 Å². The van der Waals surface area contributed by atoms with E-state index < -0.39 is 18.7 Å². The van der Waals surface area contributed by atoms with Crippen LogP contribution >= 0.6 is 0 Å². The molecule has 0 amide bonds. The van der Waals surface area contributed by atoms with Crippen molar-refractivity contribution in [1.82, 2.24) is 0 Å². The summed E-state index contributed by atoms with van der Waals surface area (Å²) in [4.78, 5) is 0. The summed E-state index contributed by atoms with van der Waals surface area (Å²) in [7, 11) is 0.